The third-order valence-electron chi connectivity index (χ3n) is 3.42. The number of nitrogens with one attached hydrogen (secondary N) is 1. The van der Waals surface area contributed by atoms with E-state index in [4.69, 9.17) is 4.74 Å². The largest absolute Gasteiger partial charge is 0.381 e. The first-order valence-corrected chi connectivity index (χ1v) is 8.07. The topological polar surface area (TPSA) is 69.0 Å². The molecule has 0 aliphatic heterocycles. The van der Waals surface area contributed by atoms with Crippen LogP contribution in [0.1, 0.15) is 42.1 Å². The van der Waals surface area contributed by atoms with Crippen molar-refractivity contribution in [2.75, 3.05) is 19.8 Å². The summed E-state index contributed by atoms with van der Waals surface area (Å²) in [6.07, 6.45) is 6.24. The molecule has 0 aliphatic carbocycles. The summed E-state index contributed by atoms with van der Waals surface area (Å²) in [5.74, 6) is -0.0501. The average molecular weight is 316 g/mol. The fourth-order valence-corrected chi connectivity index (χ4v) is 2.09. The molecule has 0 spiro atoms. The summed E-state index contributed by atoms with van der Waals surface area (Å²) >= 11 is 0. The van der Waals surface area contributed by atoms with Crippen LogP contribution in [0.25, 0.3) is 0 Å². The molecule has 0 bridgehead atoms. The normalized spacial score (nSPS) is 10.7. The molecule has 0 unspecified atom stereocenters. The Labute approximate surface area is 136 Å². The van der Waals surface area contributed by atoms with E-state index in [0.717, 1.165) is 31.4 Å². The van der Waals surface area contributed by atoms with Crippen LogP contribution in [0.2, 0.25) is 0 Å². The number of carbonyl (C=O) groups excluding carboxylic acids is 1. The van der Waals surface area contributed by atoms with Crippen molar-refractivity contribution in [2.45, 2.75) is 32.7 Å². The van der Waals surface area contributed by atoms with Gasteiger partial charge in [0, 0.05) is 25.3 Å². The van der Waals surface area contributed by atoms with Crippen molar-refractivity contribution >= 4 is 5.91 Å². The van der Waals surface area contributed by atoms with E-state index in [1.807, 2.05) is 24.3 Å². The molecule has 0 saturated carbocycles. The van der Waals surface area contributed by atoms with Crippen LogP contribution in [0.4, 0.5) is 0 Å². The number of amides is 1. The van der Waals surface area contributed by atoms with Crippen LogP contribution in [0.3, 0.4) is 0 Å². The van der Waals surface area contributed by atoms with E-state index in [9.17, 15) is 4.79 Å². The first-order chi connectivity index (χ1) is 11.3. The SMILES string of the molecule is CCCCOCCCNC(=O)c1ccc(Cn2cncn2)cc1. The van der Waals surface area contributed by atoms with Crippen molar-refractivity contribution in [3.63, 3.8) is 0 Å². The van der Waals surface area contributed by atoms with E-state index in [1.54, 1.807) is 11.0 Å². The average Bonchev–Trinajstić information content (AvgIpc) is 3.07. The predicted octanol–water partition coefficient (Wildman–Crippen LogP) is 2.26. The number of carbonyl (C=O) groups is 1. The molecule has 0 atom stereocenters. The predicted molar refractivity (Wildman–Crippen MR) is 88.2 cm³/mol. The monoisotopic (exact) mass is 316 g/mol. The lowest BCUT2D eigenvalue weighted by Crippen LogP contribution is -2.25. The first-order valence-electron chi connectivity index (χ1n) is 8.07. The molecule has 6 nitrogen and oxygen atoms in total. The molecular weight excluding hydrogens is 292 g/mol. The molecule has 6 heteroatoms. The maximum atomic E-state index is 12.0. The van der Waals surface area contributed by atoms with Gasteiger partial charge in [0.25, 0.3) is 5.91 Å². The Balaban J connectivity index is 1.68. The molecule has 0 fully saturated rings. The molecule has 1 aromatic carbocycles. The van der Waals surface area contributed by atoms with Gasteiger partial charge in [-0.2, -0.15) is 5.10 Å². The van der Waals surface area contributed by atoms with E-state index in [1.165, 1.54) is 6.33 Å². The fourth-order valence-electron chi connectivity index (χ4n) is 2.09. The Morgan fingerprint density at radius 3 is 2.70 bits per heavy atom. The number of unbranched alkanes of at least 4 members (excludes halogenated alkanes) is 1. The minimum atomic E-state index is -0.0501. The standard InChI is InChI=1S/C17H24N4O2/c1-2-3-10-23-11-4-9-19-17(22)16-7-5-15(6-8-16)12-21-14-18-13-20-21/h5-8,13-14H,2-4,9-12H2,1H3,(H,19,22). The number of nitrogens with zero attached hydrogens (tertiary/aromatic N) is 3. The summed E-state index contributed by atoms with van der Waals surface area (Å²) in [7, 11) is 0. The van der Waals surface area contributed by atoms with E-state index in [0.29, 0.717) is 25.3 Å². The summed E-state index contributed by atoms with van der Waals surface area (Å²) < 4.78 is 7.21. The number of aromatic nitrogens is 3. The molecule has 0 radical (unpaired) electrons. The van der Waals surface area contributed by atoms with Crippen molar-refractivity contribution < 1.29 is 9.53 Å². The van der Waals surface area contributed by atoms with Crippen LogP contribution in [0, 0.1) is 0 Å². The molecule has 0 aliphatic rings. The molecule has 2 rings (SSSR count). The number of ether oxygens (including phenoxy) is 1. The second-order valence-electron chi connectivity index (χ2n) is 5.37. The van der Waals surface area contributed by atoms with E-state index in [-0.39, 0.29) is 5.91 Å². The van der Waals surface area contributed by atoms with Crippen LogP contribution in [-0.4, -0.2) is 40.4 Å². The van der Waals surface area contributed by atoms with Crippen molar-refractivity contribution in [1.82, 2.24) is 20.1 Å². The molecule has 1 amide bonds. The second kappa shape index (κ2) is 9.74. The molecule has 2 aromatic rings. The van der Waals surface area contributed by atoms with Gasteiger partial charge in [0.2, 0.25) is 0 Å². The lowest BCUT2D eigenvalue weighted by atomic mass is 10.1. The van der Waals surface area contributed by atoms with Gasteiger partial charge < -0.3 is 10.1 Å². The minimum Gasteiger partial charge on any atom is -0.381 e. The summed E-state index contributed by atoms with van der Waals surface area (Å²) in [6, 6.07) is 7.54. The molecule has 124 valence electrons. The minimum absolute atomic E-state index is 0.0501. The van der Waals surface area contributed by atoms with Gasteiger partial charge in [0.15, 0.2) is 0 Å². The molecule has 23 heavy (non-hydrogen) atoms. The highest BCUT2D eigenvalue weighted by Gasteiger charge is 2.05. The highest BCUT2D eigenvalue weighted by atomic mass is 16.5. The van der Waals surface area contributed by atoms with Gasteiger partial charge in [-0.05, 0) is 30.5 Å². The van der Waals surface area contributed by atoms with E-state index < -0.39 is 0 Å². The quantitative estimate of drug-likeness (QED) is 0.683. The zero-order valence-electron chi connectivity index (χ0n) is 13.6. The van der Waals surface area contributed by atoms with Crippen LogP contribution in [0.15, 0.2) is 36.9 Å². The lowest BCUT2D eigenvalue weighted by Gasteiger charge is -2.07. The highest BCUT2D eigenvalue weighted by Crippen LogP contribution is 2.06. The number of benzene rings is 1. The van der Waals surface area contributed by atoms with Gasteiger partial charge in [-0.3, -0.25) is 4.79 Å². The molecule has 1 heterocycles. The van der Waals surface area contributed by atoms with Gasteiger partial charge in [0.1, 0.15) is 12.7 Å². The van der Waals surface area contributed by atoms with Crippen LogP contribution in [-0.2, 0) is 11.3 Å². The number of rotatable bonds is 10. The van der Waals surface area contributed by atoms with Crippen molar-refractivity contribution in [3.8, 4) is 0 Å². The fraction of sp³-hybridized carbons (Fsp3) is 0.471. The van der Waals surface area contributed by atoms with Crippen molar-refractivity contribution in [2.24, 2.45) is 0 Å². The van der Waals surface area contributed by atoms with E-state index >= 15 is 0 Å². The van der Waals surface area contributed by atoms with Gasteiger partial charge in [0.05, 0.1) is 6.54 Å². The molecular formula is C17H24N4O2. The lowest BCUT2D eigenvalue weighted by molar-refractivity contribution is 0.0940. The van der Waals surface area contributed by atoms with Gasteiger partial charge in [-0.25, -0.2) is 9.67 Å². The third-order valence-corrected chi connectivity index (χ3v) is 3.42. The third kappa shape index (κ3) is 6.20. The zero-order chi connectivity index (χ0) is 16.3. The van der Waals surface area contributed by atoms with Crippen molar-refractivity contribution in [1.29, 1.82) is 0 Å². The molecule has 1 N–H and O–H groups in total. The summed E-state index contributed by atoms with van der Waals surface area (Å²) in [4.78, 5) is 15.9. The van der Waals surface area contributed by atoms with E-state index in [2.05, 4.69) is 22.3 Å². The Bertz CT molecular complexity index is 567. The first kappa shape index (κ1) is 17.1. The summed E-state index contributed by atoms with van der Waals surface area (Å²) in [5, 5.41) is 6.97. The Morgan fingerprint density at radius 2 is 2.00 bits per heavy atom. The maximum Gasteiger partial charge on any atom is 0.251 e. The maximum absolute atomic E-state index is 12.0. The Kier molecular flexibility index (Phi) is 7.26. The molecule has 1 aromatic heterocycles. The molecule has 0 saturated heterocycles. The Morgan fingerprint density at radius 1 is 1.22 bits per heavy atom. The summed E-state index contributed by atoms with van der Waals surface area (Å²) in [6.45, 7) is 4.91. The Hall–Kier alpha value is -2.21. The second-order valence-corrected chi connectivity index (χ2v) is 5.37. The zero-order valence-corrected chi connectivity index (χ0v) is 13.6. The van der Waals surface area contributed by atoms with Crippen molar-refractivity contribution in [3.05, 3.63) is 48.0 Å². The van der Waals surface area contributed by atoms with Crippen LogP contribution < -0.4 is 5.32 Å². The summed E-state index contributed by atoms with van der Waals surface area (Å²) in [5.41, 5.74) is 1.75. The van der Waals surface area contributed by atoms with Crippen LogP contribution >= 0.6 is 0 Å². The number of hydrogen-bond donors (Lipinski definition) is 1. The van der Waals surface area contributed by atoms with Gasteiger partial charge in [-0.15, -0.1) is 0 Å². The highest BCUT2D eigenvalue weighted by molar-refractivity contribution is 5.94. The van der Waals surface area contributed by atoms with Gasteiger partial charge in [-0.1, -0.05) is 25.5 Å². The van der Waals surface area contributed by atoms with Crippen LogP contribution in [0.5, 0.6) is 0 Å². The smallest absolute Gasteiger partial charge is 0.251 e. The van der Waals surface area contributed by atoms with Gasteiger partial charge >= 0.3 is 0 Å². The number of hydrogen-bond acceptors (Lipinski definition) is 4.